The van der Waals surface area contributed by atoms with Gasteiger partial charge in [0.25, 0.3) is 0 Å². The minimum atomic E-state index is 0.0761. The van der Waals surface area contributed by atoms with Crippen molar-refractivity contribution in [1.29, 1.82) is 5.41 Å². The minimum Gasteiger partial charge on any atom is -0.383 e. The molecule has 4 N–H and O–H groups in total. The Morgan fingerprint density at radius 3 is 3.05 bits per heavy atom. The van der Waals surface area contributed by atoms with E-state index in [1.807, 2.05) is 4.90 Å². The molecule has 1 saturated heterocycles. The molecule has 22 heavy (non-hydrogen) atoms. The average Bonchev–Trinajstić information content (AvgIpc) is 2.47. The number of piperidine rings is 1. The van der Waals surface area contributed by atoms with Crippen LogP contribution in [-0.4, -0.2) is 51.5 Å². The van der Waals surface area contributed by atoms with E-state index in [9.17, 15) is 4.79 Å². The normalized spacial score (nSPS) is 18.1. The molecule has 2 heterocycles. The lowest BCUT2D eigenvalue weighted by molar-refractivity contribution is -0.131. The van der Waals surface area contributed by atoms with E-state index in [4.69, 9.17) is 22.7 Å². The highest BCUT2D eigenvalue weighted by Gasteiger charge is 2.24. The highest BCUT2D eigenvalue weighted by Crippen LogP contribution is 2.21. The molecule has 1 aromatic heterocycles. The van der Waals surface area contributed by atoms with Crippen molar-refractivity contribution in [2.24, 2.45) is 0 Å². The number of carbonyl (C=O) groups excluding carboxylic acids is 1. The Bertz CT molecular complexity index is 564. The summed E-state index contributed by atoms with van der Waals surface area (Å²) in [5, 5.41) is 11.1. The number of alkyl halides is 1. The molecule has 0 aromatic carbocycles. The second-order valence-corrected chi connectivity index (χ2v) is 5.75. The Hall–Kier alpha value is -1.89. The Labute approximate surface area is 134 Å². The second kappa shape index (κ2) is 7.40. The smallest absolute Gasteiger partial charge is 0.223 e. The first kappa shape index (κ1) is 16.5. The van der Waals surface area contributed by atoms with Crippen LogP contribution in [0.3, 0.4) is 0 Å². The number of likely N-dealkylation sites (tertiary alicyclic amines) is 1. The summed E-state index contributed by atoms with van der Waals surface area (Å²) in [6, 6.07) is 0.0837. The maximum Gasteiger partial charge on any atom is 0.223 e. The van der Waals surface area contributed by atoms with Gasteiger partial charge in [-0.15, -0.1) is 11.6 Å². The Morgan fingerprint density at radius 1 is 1.59 bits per heavy atom. The largest absolute Gasteiger partial charge is 0.383 e. The van der Waals surface area contributed by atoms with E-state index >= 15 is 0 Å². The number of rotatable bonds is 5. The van der Waals surface area contributed by atoms with E-state index in [2.05, 4.69) is 15.3 Å². The molecule has 8 heteroatoms. The molecule has 1 aliphatic heterocycles. The number of nitrogen functional groups attached to an aromatic ring is 1. The number of hydrogen-bond donors (Lipinski definition) is 3. The number of nitrogens with one attached hydrogen (secondary N) is 2. The minimum absolute atomic E-state index is 0.0761. The molecule has 0 spiro atoms. The van der Waals surface area contributed by atoms with E-state index in [1.165, 1.54) is 6.33 Å². The van der Waals surface area contributed by atoms with Crippen molar-refractivity contribution in [2.45, 2.75) is 32.2 Å². The number of halogens is 1. The third-order valence-electron chi connectivity index (χ3n) is 3.67. The topological polar surface area (TPSA) is 108 Å². The van der Waals surface area contributed by atoms with Gasteiger partial charge in [0, 0.05) is 37.1 Å². The highest BCUT2D eigenvalue weighted by atomic mass is 35.5. The molecule has 0 bridgehead atoms. The van der Waals surface area contributed by atoms with Crippen LogP contribution in [0.25, 0.3) is 0 Å². The van der Waals surface area contributed by atoms with Crippen LogP contribution >= 0.6 is 11.6 Å². The quantitative estimate of drug-likeness (QED) is 0.561. The molecule has 1 aliphatic rings. The molecule has 1 unspecified atom stereocenters. The van der Waals surface area contributed by atoms with Crippen LogP contribution in [0.4, 0.5) is 11.6 Å². The predicted molar refractivity (Wildman–Crippen MR) is 87.5 cm³/mol. The molecule has 1 aromatic rings. The van der Waals surface area contributed by atoms with Gasteiger partial charge in [0.2, 0.25) is 5.91 Å². The highest BCUT2D eigenvalue weighted by molar-refractivity contribution is 6.18. The SMILES string of the molecule is CC(=N)c1c(N)ncnc1NC1CCCN(C(=O)CCCl)C1. The molecule has 1 atom stereocenters. The zero-order chi connectivity index (χ0) is 16.1. The third kappa shape index (κ3) is 3.85. The van der Waals surface area contributed by atoms with Crippen LogP contribution < -0.4 is 11.1 Å². The zero-order valence-electron chi connectivity index (χ0n) is 12.6. The molecule has 0 aliphatic carbocycles. The van der Waals surface area contributed by atoms with Gasteiger partial charge in [-0.25, -0.2) is 9.97 Å². The molecular formula is C14H21ClN6O. The number of hydrogen-bond acceptors (Lipinski definition) is 6. The van der Waals surface area contributed by atoms with Crippen molar-refractivity contribution >= 4 is 34.9 Å². The van der Waals surface area contributed by atoms with Crippen LogP contribution in [0, 0.1) is 5.41 Å². The van der Waals surface area contributed by atoms with Crippen molar-refractivity contribution < 1.29 is 4.79 Å². The average molecular weight is 325 g/mol. The van der Waals surface area contributed by atoms with Crippen molar-refractivity contribution in [3.63, 3.8) is 0 Å². The van der Waals surface area contributed by atoms with E-state index in [0.717, 1.165) is 19.4 Å². The van der Waals surface area contributed by atoms with Crippen molar-refractivity contribution in [2.75, 3.05) is 30.0 Å². The second-order valence-electron chi connectivity index (χ2n) is 5.37. The van der Waals surface area contributed by atoms with E-state index in [-0.39, 0.29) is 17.8 Å². The number of aromatic nitrogens is 2. The van der Waals surface area contributed by atoms with E-state index < -0.39 is 0 Å². The summed E-state index contributed by atoms with van der Waals surface area (Å²) in [7, 11) is 0. The van der Waals surface area contributed by atoms with Crippen LogP contribution in [0.15, 0.2) is 6.33 Å². The first-order chi connectivity index (χ1) is 10.5. The summed E-state index contributed by atoms with van der Waals surface area (Å²) in [4.78, 5) is 21.9. The number of nitrogens with zero attached hydrogens (tertiary/aromatic N) is 3. The maximum absolute atomic E-state index is 12.0. The Morgan fingerprint density at radius 2 is 2.36 bits per heavy atom. The molecule has 2 rings (SSSR count). The lowest BCUT2D eigenvalue weighted by Crippen LogP contribution is -2.45. The fourth-order valence-corrected chi connectivity index (χ4v) is 2.79. The summed E-state index contributed by atoms with van der Waals surface area (Å²) < 4.78 is 0. The first-order valence-electron chi connectivity index (χ1n) is 7.29. The van der Waals surface area contributed by atoms with E-state index in [1.54, 1.807) is 6.92 Å². The number of anilines is 2. The number of carbonyl (C=O) groups is 1. The first-order valence-corrected chi connectivity index (χ1v) is 7.82. The monoisotopic (exact) mass is 324 g/mol. The molecule has 1 amide bonds. The fourth-order valence-electron chi connectivity index (χ4n) is 2.63. The summed E-state index contributed by atoms with van der Waals surface area (Å²) in [5.74, 6) is 1.26. The van der Waals surface area contributed by atoms with Gasteiger partial charge in [0.05, 0.1) is 5.56 Å². The number of nitrogens with two attached hydrogens (primary N) is 1. The summed E-state index contributed by atoms with van der Waals surface area (Å²) >= 11 is 5.64. The molecule has 120 valence electrons. The van der Waals surface area contributed by atoms with Crippen LogP contribution in [-0.2, 0) is 4.79 Å². The molecular weight excluding hydrogens is 304 g/mol. The third-order valence-corrected chi connectivity index (χ3v) is 3.86. The maximum atomic E-state index is 12.0. The standard InChI is InChI=1S/C14H21ClN6O/c1-9(16)12-13(17)18-8-19-14(12)20-10-3-2-6-21(7-10)11(22)4-5-15/h8,10,16H,2-7H2,1H3,(H3,17,18,19,20). The van der Waals surface area contributed by atoms with Crippen molar-refractivity contribution in [3.8, 4) is 0 Å². The summed E-state index contributed by atoms with van der Waals surface area (Å²) in [5.41, 5.74) is 6.66. The van der Waals surface area contributed by atoms with Crippen LogP contribution in [0.5, 0.6) is 0 Å². The molecule has 1 fully saturated rings. The Balaban J connectivity index is 2.09. The van der Waals surface area contributed by atoms with Gasteiger partial charge >= 0.3 is 0 Å². The van der Waals surface area contributed by atoms with Gasteiger partial charge in [-0.1, -0.05) is 0 Å². The van der Waals surface area contributed by atoms with Crippen molar-refractivity contribution in [3.05, 3.63) is 11.9 Å². The zero-order valence-corrected chi connectivity index (χ0v) is 13.4. The lowest BCUT2D eigenvalue weighted by Gasteiger charge is -2.33. The lowest BCUT2D eigenvalue weighted by atomic mass is 10.0. The van der Waals surface area contributed by atoms with E-state index in [0.29, 0.717) is 35.9 Å². The fraction of sp³-hybridized carbons (Fsp3) is 0.571. The van der Waals surface area contributed by atoms with Gasteiger partial charge < -0.3 is 21.4 Å². The van der Waals surface area contributed by atoms with Crippen LogP contribution in [0.1, 0.15) is 31.7 Å². The molecule has 7 nitrogen and oxygen atoms in total. The van der Waals surface area contributed by atoms with Gasteiger partial charge in [-0.3, -0.25) is 4.79 Å². The van der Waals surface area contributed by atoms with Gasteiger partial charge in [-0.2, -0.15) is 0 Å². The number of amides is 1. The predicted octanol–water partition coefficient (Wildman–Crippen LogP) is 1.48. The molecule has 0 radical (unpaired) electrons. The van der Waals surface area contributed by atoms with Gasteiger partial charge in [-0.05, 0) is 19.8 Å². The van der Waals surface area contributed by atoms with Gasteiger partial charge in [0.15, 0.2) is 0 Å². The van der Waals surface area contributed by atoms with Gasteiger partial charge in [0.1, 0.15) is 18.0 Å². The van der Waals surface area contributed by atoms with Crippen LogP contribution in [0.2, 0.25) is 0 Å². The molecule has 0 saturated carbocycles. The Kier molecular flexibility index (Phi) is 5.54. The summed E-state index contributed by atoms with van der Waals surface area (Å²) in [6.45, 7) is 3.02. The summed E-state index contributed by atoms with van der Waals surface area (Å²) in [6.07, 6.45) is 3.60. The van der Waals surface area contributed by atoms with Crippen molar-refractivity contribution in [1.82, 2.24) is 14.9 Å².